The third-order valence-corrected chi connectivity index (χ3v) is 15.1. The fraction of sp³-hybridized carbons (Fsp3) is 0.843. The predicted molar refractivity (Wildman–Crippen MR) is 330 cm³/mol. The van der Waals surface area contributed by atoms with Gasteiger partial charge < -0.3 is 14.2 Å². The highest BCUT2D eigenvalue weighted by atomic mass is 16.6. The molecule has 0 amide bonds. The molecule has 0 aromatic heterocycles. The van der Waals surface area contributed by atoms with E-state index in [2.05, 4.69) is 69.4 Å². The number of carbonyl (C=O) groups is 3. The highest BCUT2D eigenvalue weighted by molar-refractivity contribution is 5.71. The zero-order chi connectivity index (χ0) is 55.0. The molecule has 444 valence electrons. The maximum absolute atomic E-state index is 12.9. The molecule has 0 rings (SSSR count). The molecule has 0 aliphatic rings. The molecule has 0 aromatic rings. The average Bonchev–Trinajstić information content (AvgIpc) is 3.42. The van der Waals surface area contributed by atoms with E-state index in [1.807, 2.05) is 0 Å². The van der Waals surface area contributed by atoms with Gasteiger partial charge in [0.25, 0.3) is 0 Å². The largest absolute Gasteiger partial charge is 0.462 e. The Balaban J connectivity index is 4.26. The molecule has 0 bridgehead atoms. The van der Waals surface area contributed by atoms with Gasteiger partial charge in [-0.15, -0.1) is 0 Å². The van der Waals surface area contributed by atoms with Gasteiger partial charge in [-0.25, -0.2) is 0 Å². The van der Waals surface area contributed by atoms with Crippen LogP contribution in [0, 0.1) is 0 Å². The summed E-state index contributed by atoms with van der Waals surface area (Å²) in [5.41, 5.74) is 0. The molecule has 0 aliphatic carbocycles. The Labute approximate surface area is 473 Å². The predicted octanol–water partition coefficient (Wildman–Crippen LogP) is 22.9. The quantitative estimate of drug-likeness (QED) is 0.0261. The van der Waals surface area contributed by atoms with Crippen LogP contribution in [0.4, 0.5) is 0 Å². The van der Waals surface area contributed by atoms with Gasteiger partial charge in [0, 0.05) is 19.3 Å². The van der Waals surface area contributed by atoms with Crippen molar-refractivity contribution in [1.29, 1.82) is 0 Å². The van der Waals surface area contributed by atoms with Gasteiger partial charge in [0.05, 0.1) is 0 Å². The van der Waals surface area contributed by atoms with E-state index >= 15 is 0 Å². The maximum Gasteiger partial charge on any atom is 0.306 e. The molecule has 6 heteroatoms. The zero-order valence-electron chi connectivity index (χ0n) is 51.0. The Morgan fingerprint density at radius 1 is 0.276 bits per heavy atom. The zero-order valence-corrected chi connectivity index (χ0v) is 51.0. The first-order valence-corrected chi connectivity index (χ1v) is 33.6. The molecule has 0 N–H and O–H groups in total. The molecule has 1 unspecified atom stereocenters. The van der Waals surface area contributed by atoms with Crippen molar-refractivity contribution in [2.45, 2.75) is 367 Å². The van der Waals surface area contributed by atoms with Gasteiger partial charge in [-0.2, -0.15) is 0 Å². The minimum atomic E-state index is -0.775. The van der Waals surface area contributed by atoms with Gasteiger partial charge >= 0.3 is 17.9 Å². The summed E-state index contributed by atoms with van der Waals surface area (Å²) < 4.78 is 17.0. The Bertz CT molecular complexity index is 1310. The van der Waals surface area contributed by atoms with Crippen LogP contribution in [0.15, 0.2) is 48.6 Å². The van der Waals surface area contributed by atoms with Crippen LogP contribution in [0.2, 0.25) is 0 Å². The number of unbranched alkanes of at least 4 members (excludes halogenated alkanes) is 43. The molecular formula is C70H128O6. The van der Waals surface area contributed by atoms with Crippen LogP contribution in [-0.2, 0) is 28.6 Å². The first kappa shape index (κ1) is 73.4. The average molecular weight is 1070 g/mol. The number of rotatable bonds is 62. The number of carbonyl (C=O) groups excluding carboxylic acids is 3. The molecule has 0 saturated carbocycles. The van der Waals surface area contributed by atoms with Crippen LogP contribution >= 0.6 is 0 Å². The van der Waals surface area contributed by atoms with Gasteiger partial charge in [-0.05, 0) is 57.8 Å². The summed E-state index contributed by atoms with van der Waals surface area (Å²) >= 11 is 0. The topological polar surface area (TPSA) is 78.9 Å². The van der Waals surface area contributed by atoms with Crippen molar-refractivity contribution in [3.63, 3.8) is 0 Å². The van der Waals surface area contributed by atoms with Crippen LogP contribution in [0.3, 0.4) is 0 Å². The smallest absolute Gasteiger partial charge is 0.306 e. The summed E-state index contributed by atoms with van der Waals surface area (Å²) in [5.74, 6) is -0.854. The summed E-state index contributed by atoms with van der Waals surface area (Å²) in [6.45, 7) is 6.59. The molecule has 0 saturated heterocycles. The van der Waals surface area contributed by atoms with Crippen molar-refractivity contribution >= 4 is 17.9 Å². The minimum absolute atomic E-state index is 0.0712. The second-order valence-corrected chi connectivity index (χ2v) is 22.7. The third-order valence-electron chi connectivity index (χ3n) is 15.1. The normalized spacial score (nSPS) is 12.3. The Morgan fingerprint density at radius 3 is 0.803 bits per heavy atom. The summed E-state index contributed by atoms with van der Waals surface area (Å²) in [5, 5.41) is 0. The molecule has 0 aromatic carbocycles. The van der Waals surface area contributed by atoms with E-state index in [9.17, 15) is 14.4 Å². The lowest BCUT2D eigenvalue weighted by molar-refractivity contribution is -0.167. The molecule has 0 fully saturated rings. The highest BCUT2D eigenvalue weighted by Crippen LogP contribution is 2.18. The van der Waals surface area contributed by atoms with Crippen molar-refractivity contribution < 1.29 is 28.6 Å². The molecule has 0 radical (unpaired) electrons. The second kappa shape index (κ2) is 64.9. The minimum Gasteiger partial charge on any atom is -0.462 e. The Kier molecular flexibility index (Phi) is 62.6. The van der Waals surface area contributed by atoms with E-state index in [-0.39, 0.29) is 31.1 Å². The van der Waals surface area contributed by atoms with Crippen LogP contribution < -0.4 is 0 Å². The fourth-order valence-corrected chi connectivity index (χ4v) is 10.1. The van der Waals surface area contributed by atoms with Gasteiger partial charge in [-0.1, -0.05) is 333 Å². The van der Waals surface area contributed by atoms with Crippen LogP contribution in [0.5, 0.6) is 0 Å². The summed E-state index contributed by atoms with van der Waals surface area (Å²) in [6, 6.07) is 0. The maximum atomic E-state index is 12.9. The fourth-order valence-electron chi connectivity index (χ4n) is 10.1. The number of ether oxygens (including phenoxy) is 3. The molecular weight excluding hydrogens is 937 g/mol. The molecule has 6 nitrogen and oxygen atoms in total. The van der Waals surface area contributed by atoms with Crippen molar-refractivity contribution in [3.8, 4) is 0 Å². The van der Waals surface area contributed by atoms with E-state index in [1.54, 1.807) is 0 Å². The number of hydrogen-bond donors (Lipinski definition) is 0. The molecule has 0 spiro atoms. The van der Waals surface area contributed by atoms with E-state index in [4.69, 9.17) is 14.2 Å². The van der Waals surface area contributed by atoms with E-state index in [1.165, 1.54) is 231 Å². The molecule has 76 heavy (non-hydrogen) atoms. The van der Waals surface area contributed by atoms with Crippen LogP contribution in [0.25, 0.3) is 0 Å². The lowest BCUT2D eigenvalue weighted by atomic mass is 10.0. The molecule has 0 aliphatic heterocycles. The van der Waals surface area contributed by atoms with Crippen molar-refractivity contribution in [2.75, 3.05) is 13.2 Å². The number of hydrogen-bond acceptors (Lipinski definition) is 6. The summed E-state index contributed by atoms with van der Waals surface area (Å²) in [6.07, 6.45) is 81.3. The van der Waals surface area contributed by atoms with Gasteiger partial charge in [0.15, 0.2) is 6.10 Å². The molecule has 0 heterocycles. The molecule has 1 atom stereocenters. The number of esters is 3. The number of allylic oxidation sites excluding steroid dienone is 8. The first-order chi connectivity index (χ1) is 37.5. The summed E-state index contributed by atoms with van der Waals surface area (Å²) in [4.78, 5) is 38.4. The van der Waals surface area contributed by atoms with E-state index < -0.39 is 6.10 Å². The lowest BCUT2D eigenvalue weighted by Crippen LogP contribution is -2.30. The summed E-state index contributed by atoms with van der Waals surface area (Å²) in [7, 11) is 0. The second-order valence-electron chi connectivity index (χ2n) is 22.7. The Hall–Kier alpha value is -2.63. The van der Waals surface area contributed by atoms with Crippen molar-refractivity contribution in [2.24, 2.45) is 0 Å². The highest BCUT2D eigenvalue weighted by Gasteiger charge is 2.19. The van der Waals surface area contributed by atoms with Crippen LogP contribution in [-0.4, -0.2) is 37.2 Å². The third kappa shape index (κ3) is 62.2. The monoisotopic (exact) mass is 1060 g/mol. The SMILES string of the molecule is CC/C=C\C/C=C\C/C=C\C/C=C\CCCCCCCCCCC(=O)OC(COC(=O)CCCCCCCCCCCCCCC)COC(=O)CCCCCCCCCCCCCCCCCCCCCCCCCC. The van der Waals surface area contributed by atoms with E-state index in [0.717, 1.165) is 89.9 Å². The van der Waals surface area contributed by atoms with Gasteiger partial charge in [-0.3, -0.25) is 14.4 Å². The standard InChI is InChI=1S/C70H128O6/c1-4-7-10-13-16-19-22-25-27-29-31-33-34-35-37-38-40-42-45-48-51-54-57-60-63-69(72)75-66-67(65-74-68(71)62-59-56-53-50-47-44-24-21-18-15-12-9-6-3)76-70(73)64-61-58-55-52-49-46-43-41-39-36-32-30-28-26-23-20-17-14-11-8-5-2/h8,11,17,20,26,28,32,36,67H,4-7,9-10,12-16,18-19,21-25,27,29-31,33-35,37-66H2,1-3H3/b11-8-,20-17-,28-26-,36-32-. The van der Waals surface area contributed by atoms with Crippen molar-refractivity contribution in [1.82, 2.24) is 0 Å². The van der Waals surface area contributed by atoms with Gasteiger partial charge in [0.2, 0.25) is 0 Å². The van der Waals surface area contributed by atoms with Crippen LogP contribution in [0.1, 0.15) is 361 Å². The lowest BCUT2D eigenvalue weighted by Gasteiger charge is -2.18. The van der Waals surface area contributed by atoms with Crippen molar-refractivity contribution in [3.05, 3.63) is 48.6 Å². The first-order valence-electron chi connectivity index (χ1n) is 33.6. The van der Waals surface area contributed by atoms with E-state index in [0.29, 0.717) is 19.3 Å². The van der Waals surface area contributed by atoms with Gasteiger partial charge in [0.1, 0.15) is 13.2 Å². The Morgan fingerprint density at radius 2 is 0.513 bits per heavy atom.